The number of benzene rings is 1. The molecule has 0 saturated carbocycles. The normalized spacial score (nSPS) is 13.3. The van der Waals surface area contributed by atoms with Gasteiger partial charge in [0.15, 0.2) is 0 Å². The van der Waals surface area contributed by atoms with Crippen LogP contribution in [0.15, 0.2) is 29.2 Å². The number of hydrogen-bond acceptors (Lipinski definition) is 5. The first-order chi connectivity index (χ1) is 8.80. The highest BCUT2D eigenvalue weighted by Gasteiger charge is 2.27. The van der Waals surface area contributed by atoms with E-state index in [1.807, 2.05) is 0 Å². The van der Waals surface area contributed by atoms with Crippen LogP contribution in [0.1, 0.15) is 17.3 Å². The van der Waals surface area contributed by atoms with Crippen LogP contribution in [-0.4, -0.2) is 50.6 Å². The third kappa shape index (κ3) is 3.52. The molecule has 0 saturated heterocycles. The lowest BCUT2D eigenvalue weighted by Crippen LogP contribution is -2.34. The van der Waals surface area contributed by atoms with E-state index < -0.39 is 22.1 Å². The largest absolute Gasteiger partial charge is 0.465 e. The van der Waals surface area contributed by atoms with Gasteiger partial charge in [0.2, 0.25) is 10.0 Å². The van der Waals surface area contributed by atoms with E-state index in [1.165, 1.54) is 39.3 Å². The molecule has 0 spiro atoms. The lowest BCUT2D eigenvalue weighted by Gasteiger charge is -2.19. The van der Waals surface area contributed by atoms with Crippen molar-refractivity contribution in [1.29, 1.82) is 0 Å². The molecule has 1 rings (SSSR count). The molecule has 1 aromatic rings. The molecule has 0 aliphatic rings. The van der Waals surface area contributed by atoms with E-state index in [9.17, 15) is 18.3 Å². The zero-order valence-corrected chi connectivity index (χ0v) is 11.8. The Labute approximate surface area is 112 Å². The first-order valence-electron chi connectivity index (χ1n) is 5.62. The Morgan fingerprint density at radius 1 is 1.42 bits per heavy atom. The van der Waals surface area contributed by atoms with Gasteiger partial charge in [0.25, 0.3) is 0 Å². The van der Waals surface area contributed by atoms with Crippen LogP contribution in [0, 0.1) is 0 Å². The number of carbonyl (C=O) groups excluding carboxylic acids is 1. The lowest BCUT2D eigenvalue weighted by molar-refractivity contribution is 0.0596. The number of hydrogen-bond donors (Lipinski definition) is 1. The predicted octanol–water partition coefficient (Wildman–Crippen LogP) is 0.474. The smallest absolute Gasteiger partial charge is 0.339 e. The zero-order chi connectivity index (χ0) is 14.6. The van der Waals surface area contributed by atoms with Crippen LogP contribution >= 0.6 is 0 Å². The van der Waals surface area contributed by atoms with Crippen molar-refractivity contribution in [2.24, 2.45) is 0 Å². The summed E-state index contributed by atoms with van der Waals surface area (Å²) in [6.07, 6.45) is -0.801. The van der Waals surface area contributed by atoms with E-state index in [-0.39, 0.29) is 17.0 Å². The molecule has 1 N–H and O–H groups in total. The van der Waals surface area contributed by atoms with Gasteiger partial charge in [0, 0.05) is 13.6 Å². The van der Waals surface area contributed by atoms with Crippen molar-refractivity contribution >= 4 is 16.0 Å². The Bertz CT molecular complexity index is 553. The zero-order valence-electron chi connectivity index (χ0n) is 11.0. The Kier molecular flexibility index (Phi) is 5.04. The third-order valence-electron chi connectivity index (χ3n) is 2.50. The molecule has 0 aliphatic heterocycles. The highest BCUT2D eigenvalue weighted by molar-refractivity contribution is 7.89. The van der Waals surface area contributed by atoms with Crippen molar-refractivity contribution in [2.75, 3.05) is 20.7 Å². The summed E-state index contributed by atoms with van der Waals surface area (Å²) < 4.78 is 30.2. The number of methoxy groups -OCH3 is 1. The molecule has 106 valence electrons. The summed E-state index contributed by atoms with van der Waals surface area (Å²) in [5.74, 6) is -0.718. The second-order valence-electron chi connectivity index (χ2n) is 4.12. The van der Waals surface area contributed by atoms with E-state index in [0.29, 0.717) is 0 Å². The number of nitrogens with zero attached hydrogens (tertiary/aromatic N) is 1. The van der Waals surface area contributed by atoms with E-state index >= 15 is 0 Å². The predicted molar refractivity (Wildman–Crippen MR) is 69.3 cm³/mol. The van der Waals surface area contributed by atoms with Crippen LogP contribution in [0.5, 0.6) is 0 Å². The molecule has 0 radical (unpaired) electrons. The van der Waals surface area contributed by atoms with Gasteiger partial charge < -0.3 is 9.84 Å². The molecule has 0 heterocycles. The lowest BCUT2D eigenvalue weighted by atomic mass is 10.2. The van der Waals surface area contributed by atoms with E-state index in [2.05, 4.69) is 4.74 Å². The molecule has 0 aliphatic carbocycles. The van der Waals surface area contributed by atoms with Crippen molar-refractivity contribution in [3.05, 3.63) is 29.8 Å². The van der Waals surface area contributed by atoms with Gasteiger partial charge in [0.1, 0.15) is 0 Å². The molecule has 1 atom stereocenters. The molecule has 19 heavy (non-hydrogen) atoms. The number of aliphatic hydroxyl groups is 1. The molecule has 0 amide bonds. The minimum absolute atomic E-state index is 0.0255. The summed E-state index contributed by atoms with van der Waals surface area (Å²) in [7, 11) is -1.32. The molecule has 0 aromatic heterocycles. The van der Waals surface area contributed by atoms with Crippen LogP contribution in [0.2, 0.25) is 0 Å². The minimum atomic E-state index is -3.85. The van der Waals surface area contributed by atoms with Crippen LogP contribution in [0.4, 0.5) is 0 Å². The monoisotopic (exact) mass is 287 g/mol. The van der Waals surface area contributed by atoms with Gasteiger partial charge in [-0.3, -0.25) is 0 Å². The fourth-order valence-corrected chi connectivity index (χ4v) is 3.04. The number of esters is 1. The molecule has 0 bridgehead atoms. The average Bonchev–Trinajstić information content (AvgIpc) is 2.37. The van der Waals surface area contributed by atoms with Crippen molar-refractivity contribution < 1.29 is 23.1 Å². The summed E-state index contributed by atoms with van der Waals surface area (Å²) in [6.45, 7) is 1.43. The van der Waals surface area contributed by atoms with Gasteiger partial charge in [-0.15, -0.1) is 0 Å². The van der Waals surface area contributed by atoms with Crippen molar-refractivity contribution in [3.8, 4) is 0 Å². The Balaban J connectivity index is 3.25. The molecule has 1 unspecified atom stereocenters. The fourth-order valence-electron chi connectivity index (χ4n) is 1.61. The van der Waals surface area contributed by atoms with Crippen molar-refractivity contribution in [1.82, 2.24) is 4.31 Å². The summed E-state index contributed by atoms with van der Waals surface area (Å²) >= 11 is 0. The van der Waals surface area contributed by atoms with Crippen LogP contribution < -0.4 is 0 Å². The second kappa shape index (κ2) is 6.14. The maximum atomic E-state index is 12.3. The SMILES string of the molecule is COC(=O)c1ccccc1S(=O)(=O)N(C)CC(C)O. The number of likely N-dealkylation sites (N-methyl/N-ethyl adjacent to an activating group) is 1. The first-order valence-corrected chi connectivity index (χ1v) is 7.06. The summed E-state index contributed by atoms with van der Waals surface area (Å²) in [5.41, 5.74) is -0.0255. The Morgan fingerprint density at radius 2 is 2.00 bits per heavy atom. The number of aliphatic hydroxyl groups excluding tert-OH is 1. The maximum Gasteiger partial charge on any atom is 0.339 e. The van der Waals surface area contributed by atoms with Gasteiger partial charge in [0.05, 0.1) is 23.7 Å². The standard InChI is InChI=1S/C12H17NO5S/c1-9(14)8-13(2)19(16,17)11-7-5-4-6-10(11)12(15)18-3/h4-7,9,14H,8H2,1-3H3. The van der Waals surface area contributed by atoms with Gasteiger partial charge in [-0.1, -0.05) is 12.1 Å². The Morgan fingerprint density at radius 3 is 2.53 bits per heavy atom. The minimum Gasteiger partial charge on any atom is -0.465 e. The number of sulfonamides is 1. The molecule has 7 heteroatoms. The fraction of sp³-hybridized carbons (Fsp3) is 0.417. The molecular formula is C12H17NO5S. The average molecular weight is 287 g/mol. The first kappa shape index (κ1) is 15.6. The van der Waals surface area contributed by atoms with E-state index in [4.69, 9.17) is 0 Å². The van der Waals surface area contributed by atoms with Crippen molar-refractivity contribution in [2.45, 2.75) is 17.9 Å². The van der Waals surface area contributed by atoms with Crippen LogP contribution in [0.25, 0.3) is 0 Å². The van der Waals surface area contributed by atoms with Gasteiger partial charge in [-0.05, 0) is 19.1 Å². The summed E-state index contributed by atoms with van der Waals surface area (Å²) in [5, 5.41) is 9.26. The topological polar surface area (TPSA) is 83.9 Å². The highest BCUT2D eigenvalue weighted by atomic mass is 32.2. The Hall–Kier alpha value is -1.44. The molecular weight excluding hydrogens is 270 g/mol. The third-order valence-corrected chi connectivity index (χ3v) is 4.38. The number of rotatable bonds is 5. The van der Waals surface area contributed by atoms with E-state index in [1.54, 1.807) is 6.07 Å². The number of carbonyl (C=O) groups is 1. The summed E-state index contributed by atoms with van der Waals surface area (Å²) in [4.78, 5) is 11.4. The molecule has 0 fully saturated rings. The quantitative estimate of drug-likeness (QED) is 0.796. The molecule has 6 nitrogen and oxygen atoms in total. The van der Waals surface area contributed by atoms with Crippen molar-refractivity contribution in [3.63, 3.8) is 0 Å². The second-order valence-corrected chi connectivity index (χ2v) is 6.14. The molecule has 1 aromatic carbocycles. The number of ether oxygens (including phenoxy) is 1. The van der Waals surface area contributed by atoms with Gasteiger partial charge >= 0.3 is 5.97 Å². The van der Waals surface area contributed by atoms with Gasteiger partial charge in [-0.25, -0.2) is 13.2 Å². The van der Waals surface area contributed by atoms with E-state index in [0.717, 1.165) is 4.31 Å². The summed E-state index contributed by atoms with van der Waals surface area (Å²) in [6, 6.07) is 5.80. The highest BCUT2D eigenvalue weighted by Crippen LogP contribution is 2.20. The van der Waals surface area contributed by atoms with Gasteiger partial charge in [-0.2, -0.15) is 4.31 Å². The van der Waals surface area contributed by atoms with Crippen LogP contribution in [0.3, 0.4) is 0 Å². The maximum absolute atomic E-state index is 12.3. The van der Waals surface area contributed by atoms with Crippen LogP contribution in [-0.2, 0) is 14.8 Å².